The number of rotatable bonds is 7. The Morgan fingerprint density at radius 3 is 2.06 bits per heavy atom. The molecule has 0 aliphatic rings. The fraction of sp³-hybridized carbons (Fsp3) is 0.467. The largest absolute Gasteiger partial charge is 0.407 e. The molecular formula is C15H23FOSi. The molecule has 0 radical (unpaired) electrons. The molecule has 0 amide bonds. The van der Waals surface area contributed by atoms with E-state index in [4.69, 9.17) is 4.43 Å². The Balaban J connectivity index is 2.90. The Kier molecular flexibility index (Phi) is 5.76. The Morgan fingerprint density at radius 2 is 1.67 bits per heavy atom. The van der Waals surface area contributed by atoms with Crippen LogP contribution in [-0.4, -0.2) is 8.32 Å². The normalized spacial score (nSPS) is 13.3. The highest BCUT2D eigenvalue weighted by atomic mass is 28.4. The van der Waals surface area contributed by atoms with Crippen molar-refractivity contribution in [3.8, 4) is 0 Å². The van der Waals surface area contributed by atoms with E-state index in [1.54, 1.807) is 12.1 Å². The molecule has 0 aromatic heterocycles. The molecule has 0 spiro atoms. The van der Waals surface area contributed by atoms with Gasteiger partial charge >= 0.3 is 0 Å². The van der Waals surface area contributed by atoms with E-state index in [0.29, 0.717) is 0 Å². The zero-order valence-electron chi connectivity index (χ0n) is 11.6. The second-order valence-electron chi connectivity index (χ2n) is 4.57. The van der Waals surface area contributed by atoms with Gasteiger partial charge in [-0.15, -0.1) is 6.58 Å². The zero-order chi connectivity index (χ0) is 13.6. The van der Waals surface area contributed by atoms with E-state index >= 15 is 0 Å². The molecule has 0 heterocycles. The first-order chi connectivity index (χ1) is 8.60. The molecule has 0 unspecified atom stereocenters. The Bertz CT molecular complexity index is 362. The van der Waals surface area contributed by atoms with Gasteiger partial charge in [0.2, 0.25) is 0 Å². The van der Waals surface area contributed by atoms with Crippen molar-refractivity contribution in [2.75, 3.05) is 0 Å². The van der Waals surface area contributed by atoms with Crippen molar-refractivity contribution in [1.29, 1.82) is 0 Å². The van der Waals surface area contributed by atoms with Crippen molar-refractivity contribution in [3.63, 3.8) is 0 Å². The molecule has 0 saturated heterocycles. The lowest BCUT2D eigenvalue weighted by Crippen LogP contribution is -2.36. The summed E-state index contributed by atoms with van der Waals surface area (Å²) in [6.45, 7) is 10.4. The maximum atomic E-state index is 12.9. The lowest BCUT2D eigenvalue weighted by atomic mass is 10.1. The summed E-state index contributed by atoms with van der Waals surface area (Å²) in [6.07, 6.45) is 1.70. The van der Waals surface area contributed by atoms with Crippen molar-refractivity contribution in [2.24, 2.45) is 0 Å². The summed E-state index contributed by atoms with van der Waals surface area (Å²) in [6, 6.07) is 9.82. The van der Waals surface area contributed by atoms with E-state index < -0.39 is 8.32 Å². The Morgan fingerprint density at radius 1 is 1.17 bits per heavy atom. The van der Waals surface area contributed by atoms with Gasteiger partial charge in [-0.1, -0.05) is 39.0 Å². The molecule has 1 atom stereocenters. The summed E-state index contributed by atoms with van der Waals surface area (Å²) in [5.41, 5.74) is 0.985. The molecular weight excluding hydrogens is 243 g/mol. The number of benzene rings is 1. The summed E-state index contributed by atoms with van der Waals surface area (Å²) in [4.78, 5) is 0. The molecule has 0 fully saturated rings. The molecule has 0 aliphatic heterocycles. The van der Waals surface area contributed by atoms with Crippen LogP contribution in [0.1, 0.15) is 32.4 Å². The third-order valence-electron chi connectivity index (χ3n) is 3.72. The Labute approximate surface area is 111 Å². The summed E-state index contributed by atoms with van der Waals surface area (Å²) < 4.78 is 19.3. The van der Waals surface area contributed by atoms with Gasteiger partial charge in [-0.2, -0.15) is 0 Å². The molecule has 1 nitrogen and oxygen atoms in total. The predicted molar refractivity (Wildman–Crippen MR) is 77.6 cm³/mol. The van der Waals surface area contributed by atoms with Crippen LogP contribution in [0.5, 0.6) is 0 Å². The molecule has 0 bridgehead atoms. The van der Waals surface area contributed by atoms with Gasteiger partial charge < -0.3 is 4.43 Å². The first kappa shape index (κ1) is 15.1. The smallest absolute Gasteiger partial charge is 0.193 e. The minimum atomic E-state index is -1.66. The quantitative estimate of drug-likeness (QED) is 0.494. The lowest BCUT2D eigenvalue weighted by Gasteiger charge is -2.32. The fourth-order valence-corrected chi connectivity index (χ4v) is 4.95. The lowest BCUT2D eigenvalue weighted by molar-refractivity contribution is 0.238. The van der Waals surface area contributed by atoms with E-state index in [9.17, 15) is 4.39 Å². The number of hydrogen-bond donors (Lipinski definition) is 0. The summed E-state index contributed by atoms with van der Waals surface area (Å²) in [5.74, 6) is -0.216. The second-order valence-corrected chi connectivity index (χ2v) is 9.29. The third kappa shape index (κ3) is 3.53. The second kappa shape index (κ2) is 6.85. The standard InChI is InChI=1S/C15H23FOSi/c1-5-15(13-9-11-14(16)12-10-13)17-18(6-2,7-3)8-4/h5,9-12,15H,1,6-8H2,2-4H3/t15-/m0/s1. The van der Waals surface area contributed by atoms with Crippen LogP contribution < -0.4 is 0 Å². The minimum absolute atomic E-state index is 0.114. The number of hydrogen-bond acceptors (Lipinski definition) is 1. The maximum absolute atomic E-state index is 12.9. The predicted octanol–water partition coefficient (Wildman–Crippen LogP) is 5.07. The topological polar surface area (TPSA) is 9.23 Å². The maximum Gasteiger partial charge on any atom is 0.193 e. The average molecular weight is 266 g/mol. The van der Waals surface area contributed by atoms with E-state index in [1.165, 1.54) is 12.1 Å². The molecule has 1 rings (SSSR count). The molecule has 0 N–H and O–H groups in total. The van der Waals surface area contributed by atoms with Crippen LogP contribution in [0.3, 0.4) is 0 Å². The summed E-state index contributed by atoms with van der Waals surface area (Å²) >= 11 is 0. The van der Waals surface area contributed by atoms with Gasteiger partial charge in [0.05, 0.1) is 6.10 Å². The molecule has 0 saturated carbocycles. The molecule has 0 aliphatic carbocycles. The van der Waals surface area contributed by atoms with Gasteiger partial charge in [-0.05, 0) is 35.8 Å². The van der Waals surface area contributed by atoms with E-state index in [2.05, 4.69) is 27.4 Å². The van der Waals surface area contributed by atoms with Gasteiger partial charge in [0.15, 0.2) is 8.32 Å². The van der Waals surface area contributed by atoms with Crippen molar-refractivity contribution in [3.05, 3.63) is 48.3 Å². The molecule has 1 aromatic rings. The molecule has 18 heavy (non-hydrogen) atoms. The van der Waals surface area contributed by atoms with Gasteiger partial charge in [0.1, 0.15) is 5.82 Å². The van der Waals surface area contributed by atoms with Crippen LogP contribution >= 0.6 is 0 Å². The van der Waals surface area contributed by atoms with Crippen molar-refractivity contribution in [1.82, 2.24) is 0 Å². The third-order valence-corrected chi connectivity index (χ3v) is 8.34. The fourth-order valence-electron chi connectivity index (χ4n) is 2.17. The van der Waals surface area contributed by atoms with Crippen LogP contribution in [0.4, 0.5) is 4.39 Å². The first-order valence-corrected chi connectivity index (χ1v) is 9.19. The van der Waals surface area contributed by atoms with Crippen molar-refractivity contribution < 1.29 is 8.82 Å². The van der Waals surface area contributed by atoms with Crippen LogP contribution in [0.25, 0.3) is 0 Å². The highest BCUT2D eigenvalue weighted by Crippen LogP contribution is 2.30. The highest BCUT2D eigenvalue weighted by Gasteiger charge is 2.31. The van der Waals surface area contributed by atoms with Crippen molar-refractivity contribution in [2.45, 2.75) is 45.0 Å². The van der Waals surface area contributed by atoms with Gasteiger partial charge in [0, 0.05) is 0 Å². The molecule has 3 heteroatoms. The van der Waals surface area contributed by atoms with Gasteiger partial charge in [-0.3, -0.25) is 0 Å². The average Bonchev–Trinajstić information content (AvgIpc) is 2.42. The van der Waals surface area contributed by atoms with Gasteiger partial charge in [-0.25, -0.2) is 4.39 Å². The number of halogens is 1. The van der Waals surface area contributed by atoms with E-state index in [0.717, 1.165) is 23.7 Å². The Hall–Kier alpha value is -0.933. The first-order valence-electron chi connectivity index (χ1n) is 6.66. The van der Waals surface area contributed by atoms with Crippen LogP contribution in [-0.2, 0) is 4.43 Å². The molecule has 1 aromatic carbocycles. The highest BCUT2D eigenvalue weighted by molar-refractivity contribution is 6.73. The monoisotopic (exact) mass is 266 g/mol. The minimum Gasteiger partial charge on any atom is -0.407 e. The van der Waals surface area contributed by atoms with Crippen LogP contribution in [0, 0.1) is 5.82 Å². The van der Waals surface area contributed by atoms with Crippen LogP contribution in [0.2, 0.25) is 18.1 Å². The van der Waals surface area contributed by atoms with Crippen LogP contribution in [0.15, 0.2) is 36.9 Å². The zero-order valence-corrected chi connectivity index (χ0v) is 12.6. The van der Waals surface area contributed by atoms with E-state index in [-0.39, 0.29) is 11.9 Å². The van der Waals surface area contributed by atoms with Gasteiger partial charge in [0.25, 0.3) is 0 Å². The van der Waals surface area contributed by atoms with E-state index in [1.807, 2.05) is 6.08 Å². The summed E-state index contributed by atoms with van der Waals surface area (Å²) in [5, 5.41) is 0. The summed E-state index contributed by atoms with van der Waals surface area (Å²) in [7, 11) is -1.66. The van der Waals surface area contributed by atoms with Crippen molar-refractivity contribution >= 4 is 8.32 Å². The molecule has 100 valence electrons. The SMILES string of the molecule is C=C[C@H](O[Si](CC)(CC)CC)c1ccc(F)cc1.